The Bertz CT molecular complexity index is 477. The molecule has 0 radical (unpaired) electrons. The fraction of sp³-hybridized carbons (Fsp3) is 0.200. The van der Waals surface area contributed by atoms with E-state index < -0.39 is 0 Å². The summed E-state index contributed by atoms with van der Waals surface area (Å²) in [6.45, 7) is 3.89. The molecule has 0 aromatic heterocycles. The van der Waals surface area contributed by atoms with E-state index in [2.05, 4.69) is 12.2 Å². The van der Waals surface area contributed by atoms with Gasteiger partial charge in [0, 0.05) is 12.1 Å². The summed E-state index contributed by atoms with van der Waals surface area (Å²) in [6.07, 6.45) is 0. The fourth-order valence-corrected chi connectivity index (χ4v) is 1.77. The maximum Gasteiger partial charge on any atom is 0.131 e. The average Bonchev–Trinajstić information content (AvgIpc) is 2.38. The minimum absolute atomic E-state index is 0.174. The number of hydrogen-bond acceptors (Lipinski definition) is 1. The van der Waals surface area contributed by atoms with Crippen molar-refractivity contribution < 1.29 is 4.39 Å². The first-order chi connectivity index (χ1) is 8.31. The molecule has 0 fully saturated rings. The topological polar surface area (TPSA) is 12.0 Å². The molecule has 0 saturated carbocycles. The van der Waals surface area contributed by atoms with E-state index in [4.69, 9.17) is 0 Å². The maximum absolute atomic E-state index is 13.6. The molecule has 0 bridgehead atoms. The lowest BCUT2D eigenvalue weighted by atomic mass is 10.0. The molecule has 0 spiro atoms. The van der Waals surface area contributed by atoms with Gasteiger partial charge in [-0.3, -0.25) is 0 Å². The van der Waals surface area contributed by atoms with Gasteiger partial charge in [0.15, 0.2) is 0 Å². The predicted octanol–water partition coefficient (Wildman–Crippen LogP) is 3.60. The van der Waals surface area contributed by atoms with Crippen LogP contribution in [-0.2, 0) is 6.54 Å². The molecule has 2 aromatic carbocycles. The van der Waals surface area contributed by atoms with E-state index in [1.807, 2.05) is 30.3 Å². The third-order valence-electron chi connectivity index (χ3n) is 2.72. The van der Waals surface area contributed by atoms with Crippen LogP contribution in [0.25, 0.3) is 11.1 Å². The second kappa shape index (κ2) is 5.60. The van der Waals surface area contributed by atoms with E-state index in [0.29, 0.717) is 5.56 Å². The van der Waals surface area contributed by atoms with Crippen LogP contribution in [0.1, 0.15) is 12.5 Å². The number of benzene rings is 2. The third kappa shape index (κ3) is 2.92. The van der Waals surface area contributed by atoms with Gasteiger partial charge in [0.2, 0.25) is 0 Å². The van der Waals surface area contributed by atoms with E-state index in [0.717, 1.165) is 18.7 Å². The van der Waals surface area contributed by atoms with Crippen molar-refractivity contribution in [2.75, 3.05) is 6.54 Å². The van der Waals surface area contributed by atoms with Crippen molar-refractivity contribution in [3.8, 4) is 11.1 Å². The molecule has 0 aliphatic rings. The van der Waals surface area contributed by atoms with Gasteiger partial charge in [0.05, 0.1) is 0 Å². The van der Waals surface area contributed by atoms with Gasteiger partial charge in [-0.05, 0) is 23.7 Å². The molecule has 0 aliphatic heterocycles. The highest BCUT2D eigenvalue weighted by atomic mass is 19.1. The first-order valence-corrected chi connectivity index (χ1v) is 5.86. The normalized spacial score (nSPS) is 10.5. The summed E-state index contributed by atoms with van der Waals surface area (Å²) in [5.41, 5.74) is 2.79. The third-order valence-corrected chi connectivity index (χ3v) is 2.72. The molecule has 0 heterocycles. The molecular weight excluding hydrogens is 213 g/mol. The number of nitrogens with one attached hydrogen (secondary N) is 1. The van der Waals surface area contributed by atoms with E-state index in [1.54, 1.807) is 12.1 Å². The summed E-state index contributed by atoms with van der Waals surface area (Å²) in [7, 11) is 0. The molecule has 2 rings (SSSR count). The number of halogens is 1. The monoisotopic (exact) mass is 229 g/mol. The van der Waals surface area contributed by atoms with Crippen LogP contribution in [0.5, 0.6) is 0 Å². The van der Waals surface area contributed by atoms with Gasteiger partial charge in [-0.1, -0.05) is 49.4 Å². The Balaban J connectivity index is 2.21. The Labute approximate surface area is 101 Å². The standard InChI is InChI=1S/C15H16FN/c1-2-17-11-12-7-9-13(10-8-12)14-5-3-4-6-15(14)16/h3-10,17H,2,11H2,1H3. The van der Waals surface area contributed by atoms with Crippen LogP contribution in [0.2, 0.25) is 0 Å². The van der Waals surface area contributed by atoms with Gasteiger partial charge in [-0.15, -0.1) is 0 Å². The summed E-state index contributed by atoms with van der Waals surface area (Å²) in [5, 5.41) is 3.26. The molecule has 88 valence electrons. The zero-order valence-electron chi connectivity index (χ0n) is 9.91. The molecule has 0 amide bonds. The molecule has 0 unspecified atom stereocenters. The van der Waals surface area contributed by atoms with Crippen LogP contribution >= 0.6 is 0 Å². The Morgan fingerprint density at radius 2 is 1.71 bits per heavy atom. The molecule has 1 nitrogen and oxygen atoms in total. The fourth-order valence-electron chi connectivity index (χ4n) is 1.77. The van der Waals surface area contributed by atoms with Crippen LogP contribution in [-0.4, -0.2) is 6.54 Å². The summed E-state index contributed by atoms with van der Waals surface area (Å²) in [6, 6.07) is 14.8. The van der Waals surface area contributed by atoms with E-state index >= 15 is 0 Å². The summed E-state index contributed by atoms with van der Waals surface area (Å²) in [5.74, 6) is -0.174. The smallest absolute Gasteiger partial charge is 0.131 e. The highest BCUT2D eigenvalue weighted by Gasteiger charge is 2.03. The number of hydrogen-bond donors (Lipinski definition) is 1. The van der Waals surface area contributed by atoms with E-state index in [1.165, 1.54) is 11.6 Å². The van der Waals surface area contributed by atoms with Crippen molar-refractivity contribution in [3.63, 3.8) is 0 Å². The van der Waals surface area contributed by atoms with Gasteiger partial charge < -0.3 is 5.32 Å². The van der Waals surface area contributed by atoms with Crippen LogP contribution in [0.15, 0.2) is 48.5 Å². The average molecular weight is 229 g/mol. The van der Waals surface area contributed by atoms with Gasteiger partial charge >= 0.3 is 0 Å². The molecule has 0 atom stereocenters. The van der Waals surface area contributed by atoms with Gasteiger partial charge in [-0.2, -0.15) is 0 Å². The maximum atomic E-state index is 13.6. The predicted molar refractivity (Wildman–Crippen MR) is 69.2 cm³/mol. The Morgan fingerprint density at radius 3 is 2.35 bits per heavy atom. The quantitative estimate of drug-likeness (QED) is 0.844. The summed E-state index contributed by atoms with van der Waals surface area (Å²) >= 11 is 0. The summed E-state index contributed by atoms with van der Waals surface area (Å²) in [4.78, 5) is 0. The Hall–Kier alpha value is -1.67. The van der Waals surface area contributed by atoms with Gasteiger partial charge in [0.25, 0.3) is 0 Å². The molecule has 0 aliphatic carbocycles. The minimum atomic E-state index is -0.174. The first kappa shape index (κ1) is 11.8. The zero-order chi connectivity index (χ0) is 12.1. The van der Waals surface area contributed by atoms with Crippen LogP contribution in [0.4, 0.5) is 4.39 Å². The lowest BCUT2D eigenvalue weighted by molar-refractivity contribution is 0.631. The van der Waals surface area contributed by atoms with E-state index in [9.17, 15) is 4.39 Å². The molecule has 2 aromatic rings. The van der Waals surface area contributed by atoms with E-state index in [-0.39, 0.29) is 5.82 Å². The molecule has 2 heteroatoms. The molecule has 1 N–H and O–H groups in total. The second-order valence-electron chi connectivity index (χ2n) is 3.96. The first-order valence-electron chi connectivity index (χ1n) is 5.86. The Morgan fingerprint density at radius 1 is 1.00 bits per heavy atom. The van der Waals surface area contributed by atoms with Crippen molar-refractivity contribution in [1.82, 2.24) is 5.32 Å². The van der Waals surface area contributed by atoms with Crippen LogP contribution in [0.3, 0.4) is 0 Å². The van der Waals surface area contributed by atoms with Gasteiger partial charge in [0.1, 0.15) is 5.82 Å². The molecule has 0 saturated heterocycles. The van der Waals surface area contributed by atoms with Gasteiger partial charge in [-0.25, -0.2) is 4.39 Å². The van der Waals surface area contributed by atoms with Crippen molar-refractivity contribution in [3.05, 3.63) is 59.9 Å². The zero-order valence-corrected chi connectivity index (χ0v) is 9.91. The highest BCUT2D eigenvalue weighted by molar-refractivity contribution is 5.64. The van der Waals surface area contributed by atoms with Crippen molar-refractivity contribution in [2.45, 2.75) is 13.5 Å². The van der Waals surface area contributed by atoms with Crippen molar-refractivity contribution in [2.24, 2.45) is 0 Å². The van der Waals surface area contributed by atoms with Crippen LogP contribution < -0.4 is 5.32 Å². The SMILES string of the molecule is CCNCc1ccc(-c2ccccc2F)cc1. The lowest BCUT2D eigenvalue weighted by Crippen LogP contribution is -2.11. The number of rotatable bonds is 4. The largest absolute Gasteiger partial charge is 0.313 e. The highest BCUT2D eigenvalue weighted by Crippen LogP contribution is 2.22. The van der Waals surface area contributed by atoms with Crippen molar-refractivity contribution in [1.29, 1.82) is 0 Å². The lowest BCUT2D eigenvalue weighted by Gasteiger charge is -2.05. The Kier molecular flexibility index (Phi) is 3.89. The second-order valence-corrected chi connectivity index (χ2v) is 3.96. The van der Waals surface area contributed by atoms with Crippen molar-refractivity contribution >= 4 is 0 Å². The van der Waals surface area contributed by atoms with Crippen LogP contribution in [0, 0.1) is 5.82 Å². The summed E-state index contributed by atoms with van der Waals surface area (Å²) < 4.78 is 13.6. The minimum Gasteiger partial charge on any atom is -0.313 e. The molecule has 17 heavy (non-hydrogen) atoms. The molecular formula is C15H16FN.